The van der Waals surface area contributed by atoms with Crippen molar-refractivity contribution in [2.24, 2.45) is 0 Å². The lowest BCUT2D eigenvalue weighted by molar-refractivity contribution is -0.328. The van der Waals surface area contributed by atoms with Crippen LogP contribution in [-0.2, 0) is 0 Å². The van der Waals surface area contributed by atoms with Gasteiger partial charge in [-0.05, 0) is 48.9 Å². The van der Waals surface area contributed by atoms with Gasteiger partial charge in [-0.3, -0.25) is 0 Å². The van der Waals surface area contributed by atoms with Gasteiger partial charge in [0.2, 0.25) is 0 Å². The molecule has 0 atom stereocenters. The van der Waals surface area contributed by atoms with Gasteiger partial charge in [-0.15, -0.1) is 22.7 Å². The maximum absolute atomic E-state index is 14.5. The van der Waals surface area contributed by atoms with Gasteiger partial charge >= 0.3 is 0 Å². The molecule has 3 aromatic heterocycles. The molecule has 3 aromatic carbocycles. The Kier molecular flexibility index (Phi) is 6.00. The molecule has 2 nitrogen and oxygen atoms in total. The molecule has 1 radical (unpaired) electrons. The van der Waals surface area contributed by atoms with E-state index in [2.05, 4.69) is 31.3 Å². The highest BCUT2D eigenvalue weighted by Gasteiger charge is 2.18. The van der Waals surface area contributed by atoms with Crippen molar-refractivity contribution in [3.8, 4) is 41.8 Å². The van der Waals surface area contributed by atoms with Crippen LogP contribution in [0.4, 0.5) is 8.78 Å². The number of aryl methyl sites for hydroxylation is 1. The van der Waals surface area contributed by atoms with Gasteiger partial charge in [-0.2, -0.15) is 12.3 Å². The molecular formula is C27H15F2IN2S3-. The molecule has 0 N–H and O–H groups in total. The third-order valence-corrected chi connectivity index (χ3v) is 9.25. The van der Waals surface area contributed by atoms with Gasteiger partial charge in [-0.25, -0.2) is 8.78 Å². The molecular weight excluding hydrogens is 613 g/mol. The zero-order valence-electron chi connectivity index (χ0n) is 18.2. The molecule has 3 heterocycles. The lowest BCUT2D eigenvalue weighted by Crippen LogP contribution is -3.34. The van der Waals surface area contributed by atoms with E-state index in [1.807, 2.05) is 67.6 Å². The molecule has 0 unspecified atom stereocenters. The highest BCUT2D eigenvalue weighted by atomic mass is 127. The third-order valence-electron chi connectivity index (χ3n) is 5.74. The van der Waals surface area contributed by atoms with Gasteiger partial charge in [0.25, 0.3) is 0 Å². The summed E-state index contributed by atoms with van der Waals surface area (Å²) in [5.74, 6) is -0.438. The van der Waals surface area contributed by atoms with Crippen molar-refractivity contribution in [1.29, 1.82) is 0 Å². The predicted molar refractivity (Wildman–Crippen MR) is 138 cm³/mol. The minimum absolute atomic E-state index is 0.215. The second-order valence-electron chi connectivity index (χ2n) is 8.06. The van der Waals surface area contributed by atoms with E-state index >= 15 is 0 Å². The first kappa shape index (κ1) is 22.9. The number of rotatable bonds is 4. The molecule has 0 fully saturated rings. The highest BCUT2D eigenvalue weighted by Crippen LogP contribution is 2.42. The van der Waals surface area contributed by atoms with Crippen LogP contribution in [0.15, 0.2) is 72.8 Å². The lowest BCUT2D eigenvalue weighted by Gasteiger charge is -2.07. The number of fused-ring (bicyclic) bond motifs is 1. The first-order valence-electron chi connectivity index (χ1n) is 10.7. The fraction of sp³-hybridized carbons (Fsp3) is 0.0370. The summed E-state index contributed by atoms with van der Waals surface area (Å²) in [6.07, 6.45) is 0. The molecule has 0 saturated carbocycles. The summed E-state index contributed by atoms with van der Waals surface area (Å²) < 4.78 is 39.1. The number of hydrogen-bond acceptors (Lipinski definition) is 5. The molecule has 0 aliphatic carbocycles. The number of thiophene rings is 2. The molecule has 0 aliphatic heterocycles. The molecule has 0 saturated heterocycles. The Hall–Kier alpha value is -2.53. The molecule has 0 amide bonds. The summed E-state index contributed by atoms with van der Waals surface area (Å²) in [5, 5.41) is 0. The van der Waals surface area contributed by atoms with Gasteiger partial charge < -0.3 is 22.6 Å². The number of benzene rings is 3. The van der Waals surface area contributed by atoms with E-state index in [-0.39, 0.29) is 11.6 Å². The van der Waals surface area contributed by atoms with Crippen LogP contribution in [0.2, 0.25) is 0 Å². The Balaban J connectivity index is 1.39. The number of aromatic nitrogens is 2. The van der Waals surface area contributed by atoms with E-state index in [4.69, 9.17) is 0 Å². The summed E-state index contributed by atoms with van der Waals surface area (Å²) in [6.45, 7) is 1.88. The molecule has 35 heavy (non-hydrogen) atoms. The van der Waals surface area contributed by atoms with Crippen LogP contribution in [-0.4, -0.2) is 8.75 Å². The maximum Gasteiger partial charge on any atom is 0.132 e. The van der Waals surface area contributed by atoms with Gasteiger partial charge in [0, 0.05) is 41.8 Å². The summed E-state index contributed by atoms with van der Waals surface area (Å²) in [4.78, 5) is 3.77. The minimum Gasteiger partial charge on any atom is -0.758 e. The van der Waals surface area contributed by atoms with E-state index in [1.165, 1.54) is 23.1 Å². The van der Waals surface area contributed by atoms with E-state index < -0.39 is 0 Å². The molecule has 8 heteroatoms. The maximum atomic E-state index is 14.5. The van der Waals surface area contributed by atoms with Crippen molar-refractivity contribution in [1.82, 2.24) is 8.75 Å². The van der Waals surface area contributed by atoms with Gasteiger partial charge in [-0.1, -0.05) is 36.4 Å². The SMILES string of the molecule is Cc1ccc(-c2ccc(-c3ccc(-c4ccc(-c5ccc([I-])cc5F)s4)c4nsnc34)s2)c(F)c1. The Morgan fingerprint density at radius 2 is 1.06 bits per heavy atom. The molecule has 6 aromatic rings. The van der Waals surface area contributed by atoms with Crippen LogP contribution in [0.3, 0.4) is 0 Å². The standard InChI is InChI=1S/C27H15F2IN2S3/c1-14-2-4-16(20(28)12-14)22-8-10-24(33-22)18-6-7-19(27-26(18)31-35-32-27)25-11-9-23(34-25)17-5-3-15(30)13-21(17)29/h2-13H,1H3/q-1. The molecule has 6 rings (SSSR count). The van der Waals surface area contributed by atoms with Gasteiger partial charge in [0.05, 0.1) is 11.7 Å². The highest BCUT2D eigenvalue weighted by molar-refractivity contribution is 7.19. The van der Waals surface area contributed by atoms with E-state index in [1.54, 1.807) is 23.5 Å². The summed E-state index contributed by atoms with van der Waals surface area (Å²) in [5.41, 5.74) is 5.68. The lowest BCUT2D eigenvalue weighted by atomic mass is 10.1. The quantitative estimate of drug-likeness (QED) is 0.231. The Labute approximate surface area is 226 Å². The number of nitrogens with zero attached hydrogens (tertiary/aromatic N) is 2. The second-order valence-corrected chi connectivity index (χ2v) is 12.0. The van der Waals surface area contributed by atoms with E-state index in [9.17, 15) is 8.78 Å². The van der Waals surface area contributed by atoms with Gasteiger partial charge in [0.15, 0.2) is 0 Å². The Morgan fingerprint density at radius 3 is 1.57 bits per heavy atom. The predicted octanol–water partition coefficient (Wildman–Crippen LogP) is 5.79. The molecule has 0 aliphatic rings. The van der Waals surface area contributed by atoms with E-state index in [0.717, 1.165) is 50.8 Å². The van der Waals surface area contributed by atoms with Crippen LogP contribution >= 0.6 is 34.4 Å². The fourth-order valence-corrected chi connectivity index (χ4v) is 7.17. The summed E-state index contributed by atoms with van der Waals surface area (Å²) in [7, 11) is 0. The minimum atomic E-state index is -0.223. The average Bonchev–Trinajstić information content (AvgIpc) is 3.59. The van der Waals surface area contributed by atoms with Crippen molar-refractivity contribution >= 4 is 45.4 Å². The summed E-state index contributed by atoms with van der Waals surface area (Å²) in [6, 6.07) is 22.6. The number of hydrogen-bond donors (Lipinski definition) is 0. The Morgan fingerprint density at radius 1 is 0.600 bits per heavy atom. The fourth-order valence-electron chi connectivity index (χ4n) is 4.03. The zero-order chi connectivity index (χ0) is 24.1. The normalized spacial score (nSPS) is 11.4. The van der Waals surface area contributed by atoms with Crippen molar-refractivity contribution in [3.63, 3.8) is 0 Å². The first-order chi connectivity index (χ1) is 17.0. The summed E-state index contributed by atoms with van der Waals surface area (Å²) >= 11 is 6.36. The van der Waals surface area contributed by atoms with E-state index in [0.29, 0.717) is 11.1 Å². The topological polar surface area (TPSA) is 25.8 Å². The van der Waals surface area contributed by atoms with Crippen molar-refractivity contribution in [2.75, 3.05) is 0 Å². The second kappa shape index (κ2) is 9.16. The van der Waals surface area contributed by atoms with Crippen LogP contribution in [0.5, 0.6) is 0 Å². The average molecular weight is 629 g/mol. The third kappa shape index (κ3) is 4.22. The molecule has 0 spiro atoms. The van der Waals surface area contributed by atoms with Crippen molar-refractivity contribution in [2.45, 2.75) is 6.92 Å². The molecule has 173 valence electrons. The largest absolute Gasteiger partial charge is 0.758 e. The zero-order valence-corrected chi connectivity index (χ0v) is 22.8. The van der Waals surface area contributed by atoms with Crippen molar-refractivity contribution in [3.05, 3.63) is 93.6 Å². The van der Waals surface area contributed by atoms with Crippen LogP contribution in [0, 0.1) is 22.1 Å². The smallest absolute Gasteiger partial charge is 0.132 e. The Bertz CT molecular complexity index is 1590. The van der Waals surface area contributed by atoms with Gasteiger partial charge in [0.1, 0.15) is 22.7 Å². The van der Waals surface area contributed by atoms with Crippen LogP contribution in [0.1, 0.15) is 5.56 Å². The first-order valence-corrected chi connectivity index (χ1v) is 14.1. The number of halogens is 3. The molecule has 0 bridgehead atoms. The monoisotopic (exact) mass is 628 g/mol. The van der Waals surface area contributed by atoms with Crippen LogP contribution in [0.25, 0.3) is 52.8 Å². The van der Waals surface area contributed by atoms with Crippen LogP contribution < -0.4 is 22.6 Å². The van der Waals surface area contributed by atoms with Crippen molar-refractivity contribution < 1.29 is 31.4 Å².